The topological polar surface area (TPSA) is 0 Å². The maximum atomic E-state index is 2.58. The predicted molar refractivity (Wildman–Crippen MR) is 159 cm³/mol. The van der Waals surface area contributed by atoms with E-state index in [1.54, 1.807) is 0 Å². The van der Waals surface area contributed by atoms with Crippen molar-refractivity contribution in [3.63, 3.8) is 0 Å². The number of unbranched alkanes of at least 4 members (excludes halogenated alkanes) is 27. The van der Waals surface area contributed by atoms with Crippen LogP contribution in [-0.2, 0) is 0 Å². The van der Waals surface area contributed by atoms with Crippen molar-refractivity contribution in [2.75, 3.05) is 0 Å². The lowest BCUT2D eigenvalue weighted by atomic mass is 9.99. The Hall–Kier alpha value is 0. The molecule has 205 valence electrons. The summed E-state index contributed by atoms with van der Waals surface area (Å²) in [6, 6.07) is 0. The van der Waals surface area contributed by atoms with Crippen LogP contribution >= 0.6 is 0 Å². The van der Waals surface area contributed by atoms with Crippen LogP contribution in [-0.4, -0.2) is 0 Å². The Bertz CT molecular complexity index is 333. The van der Waals surface area contributed by atoms with Gasteiger partial charge < -0.3 is 0 Å². The van der Waals surface area contributed by atoms with Crippen molar-refractivity contribution < 1.29 is 0 Å². The zero-order chi connectivity index (χ0) is 24.8. The summed E-state index contributed by atoms with van der Waals surface area (Å²) in [5, 5.41) is 0. The fraction of sp³-hybridized carbons (Fsp3) is 0.971. The number of rotatable bonds is 30. The zero-order valence-corrected chi connectivity index (χ0v) is 24.7. The minimum absolute atomic E-state index is 0.946. The minimum atomic E-state index is 0.946. The Morgan fingerprint density at radius 1 is 0.382 bits per heavy atom. The Morgan fingerprint density at radius 3 is 1.00 bits per heavy atom. The lowest BCUT2D eigenvalue weighted by molar-refractivity contribution is 0.469. The highest BCUT2D eigenvalue weighted by Crippen LogP contribution is 2.17. The number of hydrogen-bond donors (Lipinski definition) is 0. The Morgan fingerprint density at radius 2 is 0.676 bits per heavy atom. The normalized spacial score (nSPS) is 12.4. The molecule has 1 atom stereocenters. The molecule has 0 saturated carbocycles. The highest BCUT2D eigenvalue weighted by molar-refractivity contribution is 4.65. The van der Waals surface area contributed by atoms with Crippen molar-refractivity contribution in [3.8, 4) is 0 Å². The molecule has 0 heteroatoms. The van der Waals surface area contributed by atoms with E-state index in [9.17, 15) is 0 Å². The molecule has 1 unspecified atom stereocenters. The van der Waals surface area contributed by atoms with Crippen LogP contribution in [0.15, 0.2) is 0 Å². The van der Waals surface area contributed by atoms with Gasteiger partial charge in [-0.25, -0.2) is 0 Å². The fourth-order valence-electron chi connectivity index (χ4n) is 5.20. The smallest absolute Gasteiger partial charge is 0.0386 e. The maximum Gasteiger partial charge on any atom is -0.0386 e. The van der Waals surface area contributed by atoms with Gasteiger partial charge in [0.1, 0.15) is 0 Å². The molecule has 0 rings (SSSR count). The molecule has 0 aliphatic rings. The first-order valence-electron chi connectivity index (χ1n) is 16.6. The second-order valence-electron chi connectivity index (χ2n) is 11.7. The van der Waals surface area contributed by atoms with Crippen LogP contribution in [0.2, 0.25) is 0 Å². The molecule has 0 aliphatic heterocycles. The summed E-state index contributed by atoms with van der Waals surface area (Å²) in [6.45, 7) is 7.03. The molecule has 0 saturated heterocycles. The molecule has 0 N–H and O–H groups in total. The highest BCUT2D eigenvalue weighted by Gasteiger charge is 1.99. The molecule has 0 aromatic rings. The molecule has 0 amide bonds. The van der Waals surface area contributed by atoms with E-state index in [0.29, 0.717) is 0 Å². The molecule has 0 fully saturated rings. The first-order valence-corrected chi connectivity index (χ1v) is 16.6. The molecule has 1 radical (unpaired) electrons. The molecular weight excluding hydrogens is 408 g/mol. The van der Waals surface area contributed by atoms with E-state index in [4.69, 9.17) is 0 Å². The van der Waals surface area contributed by atoms with Gasteiger partial charge in [-0.3, -0.25) is 0 Å². The Balaban J connectivity index is 3.02. The van der Waals surface area contributed by atoms with Gasteiger partial charge in [-0.2, -0.15) is 0 Å². The van der Waals surface area contributed by atoms with Gasteiger partial charge in [-0.15, -0.1) is 0 Å². The number of hydrogen-bond acceptors (Lipinski definition) is 0. The van der Waals surface area contributed by atoms with E-state index >= 15 is 0 Å². The van der Waals surface area contributed by atoms with Gasteiger partial charge in [0.25, 0.3) is 0 Å². The van der Waals surface area contributed by atoms with Gasteiger partial charge in [0.15, 0.2) is 0 Å². The molecule has 0 aromatic heterocycles. The molecule has 0 aromatic carbocycles. The molecule has 0 heterocycles. The Kier molecular flexibility index (Phi) is 31.0. The summed E-state index contributed by atoms with van der Waals surface area (Å²) in [6.07, 6.45) is 44.9. The van der Waals surface area contributed by atoms with E-state index in [1.165, 1.54) is 186 Å². The summed E-state index contributed by atoms with van der Waals surface area (Å²) in [5.74, 6) is 0.946. The molecule has 0 aliphatic carbocycles. The lowest BCUT2D eigenvalue weighted by Crippen LogP contribution is -1.91. The van der Waals surface area contributed by atoms with E-state index in [-0.39, 0.29) is 0 Å². The SMILES string of the molecule is CCCCCCCCCCCCCCCCC[CH]CCCCCCCCCCCCC(C)CC. The van der Waals surface area contributed by atoms with Crippen molar-refractivity contribution >= 4 is 0 Å². The maximum absolute atomic E-state index is 2.58. The van der Waals surface area contributed by atoms with Crippen LogP contribution in [0, 0.1) is 12.3 Å². The van der Waals surface area contributed by atoms with Crippen LogP contribution in [0.4, 0.5) is 0 Å². The average molecular weight is 478 g/mol. The van der Waals surface area contributed by atoms with Gasteiger partial charge in [-0.1, -0.05) is 207 Å². The van der Waals surface area contributed by atoms with Crippen LogP contribution in [0.3, 0.4) is 0 Å². The van der Waals surface area contributed by atoms with Gasteiger partial charge in [0.05, 0.1) is 0 Å². The third kappa shape index (κ3) is 30.0. The molecule has 0 bridgehead atoms. The molecule has 34 heavy (non-hydrogen) atoms. The zero-order valence-electron chi connectivity index (χ0n) is 24.7. The van der Waals surface area contributed by atoms with E-state index < -0.39 is 0 Å². The summed E-state index contributed by atoms with van der Waals surface area (Å²) in [7, 11) is 0. The third-order valence-corrected chi connectivity index (χ3v) is 8.06. The van der Waals surface area contributed by atoms with Crippen LogP contribution in [0.5, 0.6) is 0 Å². The highest BCUT2D eigenvalue weighted by atomic mass is 14.1. The molecule has 0 spiro atoms. The first kappa shape index (κ1) is 34.0. The summed E-state index contributed by atoms with van der Waals surface area (Å²) in [4.78, 5) is 0. The predicted octanol–water partition coefficient (Wildman–Crippen LogP) is 13.2. The van der Waals surface area contributed by atoms with Crippen molar-refractivity contribution in [3.05, 3.63) is 6.42 Å². The molecular formula is C34H69. The van der Waals surface area contributed by atoms with Gasteiger partial charge in [0.2, 0.25) is 0 Å². The first-order chi connectivity index (χ1) is 16.8. The fourth-order valence-corrected chi connectivity index (χ4v) is 5.20. The van der Waals surface area contributed by atoms with E-state index in [0.717, 1.165) is 5.92 Å². The van der Waals surface area contributed by atoms with Crippen LogP contribution < -0.4 is 0 Å². The monoisotopic (exact) mass is 478 g/mol. The largest absolute Gasteiger partial charge is 0.0654 e. The van der Waals surface area contributed by atoms with Crippen molar-refractivity contribution in [2.45, 2.75) is 207 Å². The second kappa shape index (κ2) is 31.0. The average Bonchev–Trinajstić information content (AvgIpc) is 2.85. The van der Waals surface area contributed by atoms with Crippen molar-refractivity contribution in [1.82, 2.24) is 0 Å². The third-order valence-electron chi connectivity index (χ3n) is 8.06. The summed E-state index contributed by atoms with van der Waals surface area (Å²) < 4.78 is 0. The molecule has 0 nitrogen and oxygen atoms in total. The minimum Gasteiger partial charge on any atom is -0.0654 e. The van der Waals surface area contributed by atoms with E-state index in [1.807, 2.05) is 0 Å². The standard InChI is InChI=1S/C34H69/c1-4-6-7-8-9-10-11-12-13-14-15-16-17-18-19-20-21-22-23-24-25-26-27-28-29-30-31-32-33-34(3)5-2/h21,34H,4-20,22-33H2,1-3H3. The van der Waals surface area contributed by atoms with Gasteiger partial charge in [0, 0.05) is 0 Å². The lowest BCUT2D eigenvalue weighted by Gasteiger charge is -2.07. The van der Waals surface area contributed by atoms with Crippen molar-refractivity contribution in [1.29, 1.82) is 0 Å². The summed E-state index contributed by atoms with van der Waals surface area (Å²) in [5.41, 5.74) is 0. The second-order valence-corrected chi connectivity index (χ2v) is 11.7. The van der Waals surface area contributed by atoms with Gasteiger partial charge >= 0.3 is 0 Å². The summed E-state index contributed by atoms with van der Waals surface area (Å²) >= 11 is 0. The van der Waals surface area contributed by atoms with Crippen LogP contribution in [0.25, 0.3) is 0 Å². The van der Waals surface area contributed by atoms with Crippen LogP contribution in [0.1, 0.15) is 207 Å². The quantitative estimate of drug-likeness (QED) is 0.0902. The van der Waals surface area contributed by atoms with Crippen molar-refractivity contribution in [2.24, 2.45) is 5.92 Å². The van der Waals surface area contributed by atoms with E-state index in [2.05, 4.69) is 27.2 Å². The Labute approximate surface area is 219 Å². The van der Waals surface area contributed by atoms with Gasteiger partial charge in [-0.05, 0) is 12.3 Å².